The Hall–Kier alpha value is -2.08. The number of nitrogens with one attached hydrogen (secondary N) is 2. The highest BCUT2D eigenvalue weighted by atomic mass is 16.2. The lowest BCUT2D eigenvalue weighted by molar-refractivity contribution is -0.114. The Balaban J connectivity index is 1.34. The number of carbonyl (C=O) groups excluding carboxylic acids is 2. The summed E-state index contributed by atoms with van der Waals surface area (Å²) >= 11 is 0. The number of amides is 2. The first-order chi connectivity index (χ1) is 12.7. The number of piperidine rings is 1. The van der Waals surface area contributed by atoms with Crippen LogP contribution in [0.3, 0.4) is 0 Å². The zero-order valence-electron chi connectivity index (χ0n) is 15.0. The molecule has 2 N–H and O–H groups in total. The van der Waals surface area contributed by atoms with Crippen molar-refractivity contribution in [1.29, 1.82) is 0 Å². The molecule has 4 heterocycles. The summed E-state index contributed by atoms with van der Waals surface area (Å²) in [6, 6.07) is 6.10. The van der Waals surface area contributed by atoms with E-state index in [4.69, 9.17) is 0 Å². The van der Waals surface area contributed by atoms with Crippen LogP contribution in [0.15, 0.2) is 18.2 Å². The molecule has 0 radical (unpaired) electrons. The van der Waals surface area contributed by atoms with Gasteiger partial charge in [0.2, 0.25) is 5.91 Å². The molecule has 0 aromatic heterocycles. The number of rotatable bonds is 3. The average Bonchev–Trinajstić information content (AvgIpc) is 3.48. The van der Waals surface area contributed by atoms with Gasteiger partial charge in [-0.3, -0.25) is 14.5 Å². The van der Waals surface area contributed by atoms with Gasteiger partial charge in [-0.25, -0.2) is 0 Å². The third-order valence-corrected chi connectivity index (χ3v) is 6.28. The van der Waals surface area contributed by atoms with Crippen molar-refractivity contribution in [2.75, 3.05) is 43.4 Å². The molecule has 0 unspecified atom stereocenters. The van der Waals surface area contributed by atoms with Crippen LogP contribution in [0.4, 0.5) is 11.4 Å². The minimum Gasteiger partial charge on any atom is -0.374 e. The monoisotopic (exact) mass is 354 g/mol. The molecular formula is C20H26N4O2. The molecule has 26 heavy (non-hydrogen) atoms. The lowest BCUT2D eigenvalue weighted by Crippen LogP contribution is -2.45. The van der Waals surface area contributed by atoms with Crippen LogP contribution in [0, 0.1) is 11.8 Å². The minimum atomic E-state index is -0.0642. The SMILES string of the molecule is O=C1CNc2ccc(C(=O)N3C[C@H]4CC[C@@H](C3)N(CC3CC3)C4)cc2N1. The van der Waals surface area contributed by atoms with Gasteiger partial charge in [0, 0.05) is 37.8 Å². The molecule has 0 spiro atoms. The number of anilines is 2. The van der Waals surface area contributed by atoms with E-state index in [2.05, 4.69) is 20.4 Å². The van der Waals surface area contributed by atoms with E-state index >= 15 is 0 Å². The molecule has 1 aromatic rings. The van der Waals surface area contributed by atoms with Crippen molar-refractivity contribution in [2.45, 2.75) is 31.7 Å². The molecule has 138 valence electrons. The van der Waals surface area contributed by atoms with Gasteiger partial charge in [0.05, 0.1) is 17.9 Å². The summed E-state index contributed by atoms with van der Waals surface area (Å²) in [5.74, 6) is 1.52. The van der Waals surface area contributed by atoms with Crippen LogP contribution in [-0.4, -0.2) is 60.4 Å². The molecule has 6 nitrogen and oxygen atoms in total. The van der Waals surface area contributed by atoms with E-state index in [9.17, 15) is 9.59 Å². The topological polar surface area (TPSA) is 64.7 Å². The summed E-state index contributed by atoms with van der Waals surface area (Å²) in [5, 5.41) is 5.93. The molecule has 6 rings (SSSR count). The highest BCUT2D eigenvalue weighted by Crippen LogP contribution is 2.35. The lowest BCUT2D eigenvalue weighted by atomic mass is 9.95. The Morgan fingerprint density at radius 1 is 1.08 bits per heavy atom. The quantitative estimate of drug-likeness (QED) is 0.871. The highest BCUT2D eigenvalue weighted by Gasteiger charge is 2.38. The van der Waals surface area contributed by atoms with Crippen LogP contribution in [0.1, 0.15) is 36.0 Å². The van der Waals surface area contributed by atoms with Crippen molar-refractivity contribution in [2.24, 2.45) is 11.8 Å². The zero-order valence-corrected chi connectivity index (χ0v) is 15.0. The Bertz CT molecular complexity index is 745. The van der Waals surface area contributed by atoms with Crippen LogP contribution in [0.25, 0.3) is 0 Å². The van der Waals surface area contributed by atoms with E-state index in [0.717, 1.165) is 31.2 Å². The van der Waals surface area contributed by atoms with Crippen LogP contribution < -0.4 is 10.6 Å². The van der Waals surface area contributed by atoms with Crippen molar-refractivity contribution in [3.8, 4) is 0 Å². The van der Waals surface area contributed by atoms with Gasteiger partial charge in [-0.2, -0.15) is 0 Å². The van der Waals surface area contributed by atoms with Gasteiger partial charge in [0.15, 0.2) is 0 Å². The molecular weight excluding hydrogens is 328 g/mol. The van der Waals surface area contributed by atoms with Crippen molar-refractivity contribution in [3.05, 3.63) is 23.8 Å². The van der Waals surface area contributed by atoms with E-state index in [1.165, 1.54) is 32.2 Å². The van der Waals surface area contributed by atoms with Crippen molar-refractivity contribution < 1.29 is 9.59 Å². The van der Waals surface area contributed by atoms with Gasteiger partial charge < -0.3 is 15.5 Å². The Morgan fingerprint density at radius 2 is 1.96 bits per heavy atom. The van der Waals surface area contributed by atoms with E-state index in [0.29, 0.717) is 23.2 Å². The molecule has 2 atom stereocenters. The van der Waals surface area contributed by atoms with Gasteiger partial charge in [0.25, 0.3) is 5.91 Å². The normalized spacial score (nSPS) is 28.2. The van der Waals surface area contributed by atoms with Crippen molar-refractivity contribution in [3.63, 3.8) is 0 Å². The Labute approximate surface area is 153 Å². The molecule has 2 bridgehead atoms. The predicted octanol–water partition coefficient (Wildman–Crippen LogP) is 2.00. The van der Waals surface area contributed by atoms with Crippen LogP contribution in [0.5, 0.6) is 0 Å². The zero-order chi connectivity index (χ0) is 17.7. The predicted molar refractivity (Wildman–Crippen MR) is 100 cm³/mol. The summed E-state index contributed by atoms with van der Waals surface area (Å²) in [6.07, 6.45) is 5.21. The van der Waals surface area contributed by atoms with Gasteiger partial charge in [-0.15, -0.1) is 0 Å². The molecule has 1 saturated carbocycles. The second kappa shape index (κ2) is 6.27. The standard InChI is InChI=1S/C20H26N4O2/c25-19-8-21-17-6-4-15(7-18(17)22-19)20(26)24-11-14-3-5-16(12-24)23(10-14)9-13-1-2-13/h4,6-7,13-14,16,21H,1-3,5,8-12H2,(H,22,25)/t14-,16-/m0/s1. The Morgan fingerprint density at radius 3 is 2.81 bits per heavy atom. The molecule has 1 aliphatic carbocycles. The fourth-order valence-corrected chi connectivity index (χ4v) is 4.69. The smallest absolute Gasteiger partial charge is 0.253 e. The number of carbonyl (C=O) groups is 2. The van der Waals surface area contributed by atoms with E-state index < -0.39 is 0 Å². The molecule has 1 aromatic carbocycles. The lowest BCUT2D eigenvalue weighted by Gasteiger charge is -2.36. The second-order valence-corrected chi connectivity index (χ2v) is 8.37. The number of hydrogen-bond acceptors (Lipinski definition) is 4. The average molecular weight is 354 g/mol. The first-order valence-corrected chi connectivity index (χ1v) is 9.87. The Kier molecular flexibility index (Phi) is 3.89. The maximum Gasteiger partial charge on any atom is 0.253 e. The highest BCUT2D eigenvalue weighted by molar-refractivity contribution is 6.03. The fourth-order valence-electron chi connectivity index (χ4n) is 4.69. The number of nitrogens with zero attached hydrogens (tertiary/aromatic N) is 2. The summed E-state index contributed by atoms with van der Waals surface area (Å²) in [5.41, 5.74) is 2.26. The number of benzene rings is 1. The number of fused-ring (bicyclic) bond motifs is 5. The maximum atomic E-state index is 13.2. The fraction of sp³-hybridized carbons (Fsp3) is 0.600. The van der Waals surface area contributed by atoms with Crippen LogP contribution in [-0.2, 0) is 4.79 Å². The molecule has 3 saturated heterocycles. The van der Waals surface area contributed by atoms with Crippen LogP contribution in [0.2, 0.25) is 0 Å². The van der Waals surface area contributed by atoms with Crippen LogP contribution >= 0.6 is 0 Å². The first kappa shape index (κ1) is 16.1. The summed E-state index contributed by atoms with van der Waals surface area (Å²) in [7, 11) is 0. The molecule has 2 amide bonds. The molecule has 4 aliphatic heterocycles. The van der Waals surface area contributed by atoms with Crippen molar-refractivity contribution in [1.82, 2.24) is 9.80 Å². The summed E-state index contributed by atoms with van der Waals surface area (Å²) in [4.78, 5) is 29.5. The summed E-state index contributed by atoms with van der Waals surface area (Å²) < 4.78 is 0. The van der Waals surface area contributed by atoms with Gasteiger partial charge >= 0.3 is 0 Å². The van der Waals surface area contributed by atoms with Gasteiger partial charge in [-0.05, 0) is 55.7 Å². The third-order valence-electron chi connectivity index (χ3n) is 6.28. The minimum absolute atomic E-state index is 0.0642. The summed E-state index contributed by atoms with van der Waals surface area (Å²) in [6.45, 7) is 4.35. The van der Waals surface area contributed by atoms with Crippen molar-refractivity contribution >= 4 is 23.2 Å². The van der Waals surface area contributed by atoms with Gasteiger partial charge in [-0.1, -0.05) is 0 Å². The molecule has 4 fully saturated rings. The van der Waals surface area contributed by atoms with Gasteiger partial charge in [0.1, 0.15) is 0 Å². The largest absolute Gasteiger partial charge is 0.374 e. The first-order valence-electron chi connectivity index (χ1n) is 9.87. The molecule has 5 aliphatic rings. The van der Waals surface area contributed by atoms with E-state index in [-0.39, 0.29) is 18.4 Å². The number of hydrogen-bond donors (Lipinski definition) is 2. The molecule has 6 heteroatoms. The maximum absolute atomic E-state index is 13.2. The second-order valence-electron chi connectivity index (χ2n) is 8.37. The van der Waals surface area contributed by atoms with E-state index in [1.54, 1.807) is 0 Å². The third kappa shape index (κ3) is 3.07. The van der Waals surface area contributed by atoms with E-state index in [1.807, 2.05) is 18.2 Å².